The van der Waals surface area contributed by atoms with Gasteiger partial charge in [0.15, 0.2) is 0 Å². The van der Waals surface area contributed by atoms with Crippen LogP contribution in [-0.2, 0) is 14.6 Å². The highest BCUT2D eigenvalue weighted by molar-refractivity contribution is 7.80. The molecule has 29 heavy (non-hydrogen) atoms. The number of hydrogen-bond donors (Lipinski definition) is 1. The fraction of sp³-hybridized carbons (Fsp3) is 1.00. The molecule has 0 spiro atoms. The van der Waals surface area contributed by atoms with Crippen LogP contribution in [0.5, 0.6) is 0 Å². The summed E-state index contributed by atoms with van der Waals surface area (Å²) in [4.78, 5) is 0. The third kappa shape index (κ3) is 4.05. The summed E-state index contributed by atoms with van der Waals surface area (Å²) >= 11 is 0. The molecule has 5 heteroatoms. The Morgan fingerprint density at radius 2 is 1.72 bits per heavy atom. The maximum absolute atomic E-state index is 10.8. The molecule has 0 amide bonds. The van der Waals surface area contributed by atoms with Crippen molar-refractivity contribution in [3.05, 3.63) is 0 Å². The van der Waals surface area contributed by atoms with E-state index in [-0.39, 0.29) is 6.61 Å². The van der Waals surface area contributed by atoms with Crippen LogP contribution in [0.4, 0.5) is 0 Å². The minimum Gasteiger partial charge on any atom is -0.264 e. The number of fused-ring (bicyclic) bond motifs is 5. The van der Waals surface area contributed by atoms with Gasteiger partial charge in [0, 0.05) is 0 Å². The van der Waals surface area contributed by atoms with E-state index in [0.717, 1.165) is 36.0 Å². The fourth-order valence-corrected chi connectivity index (χ4v) is 9.37. The largest absolute Gasteiger partial charge is 0.397 e. The van der Waals surface area contributed by atoms with Crippen molar-refractivity contribution in [2.45, 2.75) is 97.8 Å². The molecule has 0 saturated heterocycles. The third-order valence-corrected chi connectivity index (χ3v) is 10.8. The van der Waals surface area contributed by atoms with Gasteiger partial charge in [-0.2, -0.15) is 8.42 Å². The highest BCUT2D eigenvalue weighted by atomic mass is 32.3. The SMILES string of the molecule is C[C@H](CCCOS(=O)(=O)O)[C@H]1CC[C@H]2[C@@H]3CC[C@@H]4CCCC[C@]4(C)[C@H]3CC[C@]12C. The zero-order valence-electron chi connectivity index (χ0n) is 18.7. The molecule has 0 aromatic rings. The van der Waals surface area contributed by atoms with E-state index in [1.54, 1.807) is 0 Å². The van der Waals surface area contributed by atoms with Crippen LogP contribution in [0.25, 0.3) is 0 Å². The van der Waals surface area contributed by atoms with Gasteiger partial charge in [-0.05, 0) is 111 Å². The first-order valence-corrected chi connectivity index (χ1v) is 13.6. The van der Waals surface area contributed by atoms with Gasteiger partial charge >= 0.3 is 10.4 Å². The van der Waals surface area contributed by atoms with Gasteiger partial charge < -0.3 is 0 Å². The molecule has 4 aliphatic rings. The first-order valence-electron chi connectivity index (χ1n) is 12.3. The predicted molar refractivity (Wildman–Crippen MR) is 116 cm³/mol. The minimum atomic E-state index is -4.30. The van der Waals surface area contributed by atoms with Gasteiger partial charge in [0.05, 0.1) is 6.61 Å². The van der Waals surface area contributed by atoms with E-state index < -0.39 is 10.4 Å². The van der Waals surface area contributed by atoms with E-state index in [1.807, 2.05) is 0 Å². The van der Waals surface area contributed by atoms with Crippen LogP contribution < -0.4 is 0 Å². The molecule has 4 aliphatic carbocycles. The summed E-state index contributed by atoms with van der Waals surface area (Å²) in [6, 6.07) is 0. The van der Waals surface area contributed by atoms with Crippen molar-refractivity contribution in [1.82, 2.24) is 0 Å². The second kappa shape index (κ2) is 8.09. The van der Waals surface area contributed by atoms with Gasteiger partial charge in [-0.3, -0.25) is 4.55 Å². The quantitative estimate of drug-likeness (QED) is 0.401. The highest BCUT2D eigenvalue weighted by Gasteiger charge is 2.59. The Morgan fingerprint density at radius 3 is 2.48 bits per heavy atom. The Balaban J connectivity index is 1.41. The van der Waals surface area contributed by atoms with Crippen LogP contribution in [-0.4, -0.2) is 19.6 Å². The van der Waals surface area contributed by atoms with Crippen molar-refractivity contribution < 1.29 is 17.2 Å². The predicted octanol–water partition coefficient (Wildman–Crippen LogP) is 6.27. The van der Waals surface area contributed by atoms with Crippen LogP contribution in [0.3, 0.4) is 0 Å². The average Bonchev–Trinajstić information content (AvgIpc) is 3.01. The molecule has 0 aromatic heterocycles. The third-order valence-electron chi connectivity index (χ3n) is 10.4. The molecule has 0 radical (unpaired) electrons. The number of rotatable bonds is 6. The van der Waals surface area contributed by atoms with Crippen LogP contribution in [0.1, 0.15) is 97.8 Å². The van der Waals surface area contributed by atoms with E-state index in [9.17, 15) is 8.42 Å². The summed E-state index contributed by atoms with van der Waals surface area (Å²) in [6.07, 6.45) is 16.0. The van der Waals surface area contributed by atoms with Crippen molar-refractivity contribution in [1.29, 1.82) is 0 Å². The fourth-order valence-electron chi connectivity index (χ4n) is 9.04. The van der Waals surface area contributed by atoms with E-state index in [0.29, 0.717) is 23.2 Å². The minimum absolute atomic E-state index is 0.0977. The molecular formula is C24H42O4S. The van der Waals surface area contributed by atoms with Crippen molar-refractivity contribution in [3.63, 3.8) is 0 Å². The lowest BCUT2D eigenvalue weighted by Crippen LogP contribution is -2.53. The van der Waals surface area contributed by atoms with Gasteiger partial charge in [0.1, 0.15) is 0 Å². The van der Waals surface area contributed by atoms with Crippen LogP contribution in [0, 0.1) is 46.3 Å². The second-order valence-corrected chi connectivity index (χ2v) is 12.6. The Kier molecular flexibility index (Phi) is 6.16. The highest BCUT2D eigenvalue weighted by Crippen LogP contribution is 2.68. The summed E-state index contributed by atoms with van der Waals surface area (Å²) in [5.74, 6) is 5.11. The summed E-state index contributed by atoms with van der Waals surface area (Å²) in [5.41, 5.74) is 1.07. The maximum atomic E-state index is 10.8. The van der Waals surface area contributed by atoms with E-state index in [4.69, 9.17) is 4.55 Å². The van der Waals surface area contributed by atoms with Crippen LogP contribution >= 0.6 is 0 Å². The van der Waals surface area contributed by atoms with Crippen molar-refractivity contribution >= 4 is 10.4 Å². The Morgan fingerprint density at radius 1 is 0.966 bits per heavy atom. The molecule has 0 aliphatic heterocycles. The normalized spacial score (nSPS) is 45.9. The molecule has 4 rings (SSSR count). The molecular weight excluding hydrogens is 384 g/mol. The second-order valence-electron chi connectivity index (χ2n) is 11.5. The molecule has 4 nitrogen and oxygen atoms in total. The van der Waals surface area contributed by atoms with Gasteiger partial charge in [-0.15, -0.1) is 0 Å². The summed E-state index contributed by atoms with van der Waals surface area (Å²) in [6.45, 7) is 7.70. The summed E-state index contributed by atoms with van der Waals surface area (Å²) in [5, 5.41) is 0. The Bertz CT molecular complexity index is 691. The molecule has 0 heterocycles. The van der Waals surface area contributed by atoms with Gasteiger partial charge in [0.25, 0.3) is 0 Å². The lowest BCUT2D eigenvalue weighted by molar-refractivity contribution is -0.114. The van der Waals surface area contributed by atoms with Gasteiger partial charge in [0.2, 0.25) is 0 Å². The maximum Gasteiger partial charge on any atom is 0.397 e. The molecule has 1 N–H and O–H groups in total. The van der Waals surface area contributed by atoms with Gasteiger partial charge in [-0.1, -0.05) is 33.6 Å². The first kappa shape index (κ1) is 22.1. The van der Waals surface area contributed by atoms with Crippen LogP contribution in [0.15, 0.2) is 0 Å². The topological polar surface area (TPSA) is 63.6 Å². The molecule has 4 fully saturated rings. The van der Waals surface area contributed by atoms with Crippen molar-refractivity contribution in [2.75, 3.05) is 6.61 Å². The van der Waals surface area contributed by atoms with Gasteiger partial charge in [-0.25, -0.2) is 4.18 Å². The number of hydrogen-bond acceptors (Lipinski definition) is 3. The molecule has 0 unspecified atom stereocenters. The zero-order chi connectivity index (χ0) is 20.9. The van der Waals surface area contributed by atoms with Crippen LogP contribution in [0.2, 0.25) is 0 Å². The molecule has 4 saturated carbocycles. The summed E-state index contributed by atoms with van der Waals surface area (Å²) in [7, 11) is -4.30. The first-order chi connectivity index (χ1) is 13.7. The lowest BCUT2D eigenvalue weighted by atomic mass is 9.44. The smallest absolute Gasteiger partial charge is 0.264 e. The van der Waals surface area contributed by atoms with E-state index in [1.165, 1.54) is 64.2 Å². The average molecular weight is 427 g/mol. The lowest BCUT2D eigenvalue weighted by Gasteiger charge is -2.61. The molecule has 8 atom stereocenters. The zero-order valence-corrected chi connectivity index (χ0v) is 19.6. The molecule has 0 aromatic carbocycles. The Labute approximate surface area is 178 Å². The Hall–Kier alpha value is -0.130. The summed E-state index contributed by atoms with van der Waals surface area (Å²) < 4.78 is 34.8. The van der Waals surface area contributed by atoms with Crippen molar-refractivity contribution in [3.8, 4) is 0 Å². The van der Waals surface area contributed by atoms with E-state index >= 15 is 0 Å². The molecule has 0 bridgehead atoms. The van der Waals surface area contributed by atoms with E-state index in [2.05, 4.69) is 25.0 Å². The van der Waals surface area contributed by atoms with Crippen molar-refractivity contribution in [2.24, 2.45) is 46.3 Å². The standard InChI is InChI=1S/C24H42O4S/c1-17(7-6-16-28-29(25,26)27)20-11-12-21-19-10-9-18-8-4-5-14-23(18,2)22(19)13-15-24(20,21)3/h17-22H,4-16H2,1-3H3,(H,25,26,27)/t17-,18+,19+,20-,21+,22+,23+,24-/m1/s1. The monoisotopic (exact) mass is 426 g/mol. The molecule has 168 valence electrons.